The van der Waals surface area contributed by atoms with E-state index in [0.29, 0.717) is 0 Å². The summed E-state index contributed by atoms with van der Waals surface area (Å²) in [5.41, 5.74) is 5.36. The Morgan fingerprint density at radius 3 is 2.71 bits per heavy atom. The molecule has 4 nitrogen and oxygen atoms in total. The molecule has 0 amide bonds. The molecule has 0 saturated carbocycles. The number of ether oxygens (including phenoxy) is 1. The Morgan fingerprint density at radius 2 is 1.81 bits per heavy atom. The average molecular weight is 407 g/mol. The van der Waals surface area contributed by atoms with Gasteiger partial charge in [0, 0.05) is 29.6 Å². The predicted octanol–water partition coefficient (Wildman–Crippen LogP) is 4.97. The summed E-state index contributed by atoms with van der Waals surface area (Å²) in [6.07, 6.45) is 5.79. The van der Waals surface area contributed by atoms with Crippen LogP contribution in [0.3, 0.4) is 0 Å². The van der Waals surface area contributed by atoms with Gasteiger partial charge >= 0.3 is 7.12 Å². The molecular weight excluding hydrogens is 385 g/mol. The number of rotatable bonds is 3. The minimum Gasteiger partial charge on any atom is -0.398 e. The molecule has 31 heavy (non-hydrogen) atoms. The lowest BCUT2D eigenvalue weighted by molar-refractivity contribution is 0.120. The average Bonchev–Trinajstić information content (AvgIpc) is 3.27. The molecule has 0 unspecified atom stereocenters. The van der Waals surface area contributed by atoms with Crippen molar-refractivity contribution in [1.82, 2.24) is 4.98 Å². The van der Waals surface area contributed by atoms with Gasteiger partial charge in [0.25, 0.3) is 0 Å². The zero-order chi connectivity index (χ0) is 20.9. The fraction of sp³-hybridized carbons (Fsp3) is 0.192. The normalized spacial score (nSPS) is 20.8. The number of aromatic nitrogens is 1. The van der Waals surface area contributed by atoms with Crippen molar-refractivity contribution in [2.45, 2.75) is 25.2 Å². The first-order chi connectivity index (χ1) is 15.2. The maximum absolute atomic E-state index is 6.58. The van der Waals surface area contributed by atoms with Crippen molar-refractivity contribution in [3.8, 4) is 0 Å². The first kappa shape index (κ1) is 18.8. The van der Waals surface area contributed by atoms with Gasteiger partial charge in [0.2, 0.25) is 0 Å². The van der Waals surface area contributed by atoms with Gasteiger partial charge in [-0.25, -0.2) is 0 Å². The van der Waals surface area contributed by atoms with Gasteiger partial charge in [-0.2, -0.15) is 0 Å². The van der Waals surface area contributed by atoms with Crippen molar-refractivity contribution in [2.24, 2.45) is 0 Å². The lowest BCUT2D eigenvalue weighted by atomic mass is 9.75. The van der Waals surface area contributed by atoms with Crippen LogP contribution >= 0.6 is 0 Å². The maximum Gasteiger partial charge on any atom is 0.495 e. The Bertz CT molecular complexity index is 1340. The van der Waals surface area contributed by atoms with E-state index in [1.807, 2.05) is 25.3 Å². The summed E-state index contributed by atoms with van der Waals surface area (Å²) >= 11 is 0. The van der Waals surface area contributed by atoms with Gasteiger partial charge in [-0.1, -0.05) is 72.8 Å². The van der Waals surface area contributed by atoms with Crippen molar-refractivity contribution in [3.63, 3.8) is 0 Å². The SMILES string of the molecule is CO[C@H](C)c1ccccc1B1O[C@H]2C=Cc3cnc4c(ccc5ccccc54)c3[C@H]2O1. The van der Waals surface area contributed by atoms with Crippen molar-refractivity contribution in [2.75, 3.05) is 7.11 Å². The van der Waals surface area contributed by atoms with Crippen LogP contribution in [0.1, 0.15) is 35.8 Å². The Morgan fingerprint density at radius 1 is 0.968 bits per heavy atom. The molecule has 0 spiro atoms. The number of fused-ring (bicyclic) bond motifs is 7. The molecule has 5 heteroatoms. The Kier molecular flexibility index (Phi) is 4.42. The number of pyridine rings is 1. The van der Waals surface area contributed by atoms with E-state index >= 15 is 0 Å². The third-order valence-electron chi connectivity index (χ3n) is 6.48. The third-order valence-corrected chi connectivity index (χ3v) is 6.48. The molecule has 1 aromatic heterocycles. The monoisotopic (exact) mass is 407 g/mol. The minimum atomic E-state index is -0.442. The first-order valence-corrected chi connectivity index (χ1v) is 10.7. The molecule has 4 aromatic rings. The van der Waals surface area contributed by atoms with E-state index in [4.69, 9.17) is 19.0 Å². The number of methoxy groups -OCH3 is 1. The summed E-state index contributed by atoms with van der Waals surface area (Å²) in [5, 5.41) is 3.47. The second kappa shape index (κ2) is 7.31. The smallest absolute Gasteiger partial charge is 0.398 e. The van der Waals surface area contributed by atoms with Crippen molar-refractivity contribution in [3.05, 3.63) is 89.6 Å². The molecule has 0 bridgehead atoms. The zero-order valence-electron chi connectivity index (χ0n) is 17.5. The van der Waals surface area contributed by atoms with Gasteiger partial charge in [-0.3, -0.25) is 4.98 Å². The van der Waals surface area contributed by atoms with Gasteiger partial charge < -0.3 is 14.0 Å². The highest BCUT2D eigenvalue weighted by Gasteiger charge is 2.44. The molecular formula is C26H22BNO3. The van der Waals surface area contributed by atoms with Crippen molar-refractivity contribution < 1.29 is 14.0 Å². The summed E-state index contributed by atoms with van der Waals surface area (Å²) in [6, 6.07) is 20.9. The van der Waals surface area contributed by atoms with Crippen LogP contribution in [0.5, 0.6) is 0 Å². The summed E-state index contributed by atoms with van der Waals surface area (Å²) in [7, 11) is 1.28. The third kappa shape index (κ3) is 2.93. The summed E-state index contributed by atoms with van der Waals surface area (Å²) < 4.78 is 18.5. The van der Waals surface area contributed by atoms with E-state index in [9.17, 15) is 0 Å². The molecule has 2 aliphatic rings. The van der Waals surface area contributed by atoms with E-state index in [2.05, 4.69) is 60.7 Å². The minimum absolute atomic E-state index is 0.0368. The number of benzene rings is 3. The fourth-order valence-corrected chi connectivity index (χ4v) is 4.82. The zero-order valence-corrected chi connectivity index (χ0v) is 17.5. The molecule has 152 valence electrons. The van der Waals surface area contributed by atoms with Gasteiger partial charge in [-0.05, 0) is 28.9 Å². The van der Waals surface area contributed by atoms with Crippen molar-refractivity contribution >= 4 is 40.3 Å². The second-order valence-corrected chi connectivity index (χ2v) is 8.17. The highest BCUT2D eigenvalue weighted by Crippen LogP contribution is 2.42. The highest BCUT2D eigenvalue weighted by molar-refractivity contribution is 6.62. The van der Waals surface area contributed by atoms with Gasteiger partial charge in [-0.15, -0.1) is 0 Å². The summed E-state index contributed by atoms with van der Waals surface area (Å²) in [6.45, 7) is 2.04. The van der Waals surface area contributed by atoms with E-state index in [1.54, 1.807) is 7.11 Å². The van der Waals surface area contributed by atoms with E-state index in [1.165, 1.54) is 5.39 Å². The Balaban J connectivity index is 1.46. The molecule has 1 saturated heterocycles. The Labute approximate surface area is 181 Å². The van der Waals surface area contributed by atoms with Crippen LogP contribution in [-0.2, 0) is 14.0 Å². The van der Waals surface area contributed by atoms with Crippen LogP contribution in [-0.4, -0.2) is 25.3 Å². The summed E-state index contributed by atoms with van der Waals surface area (Å²) in [4.78, 5) is 4.80. The second-order valence-electron chi connectivity index (χ2n) is 8.17. The van der Waals surface area contributed by atoms with Crippen LogP contribution in [0.25, 0.3) is 27.8 Å². The molecule has 6 rings (SSSR count). The molecule has 0 N–H and O–H groups in total. The lowest BCUT2D eigenvalue weighted by Gasteiger charge is -2.24. The quantitative estimate of drug-likeness (QED) is 0.355. The largest absolute Gasteiger partial charge is 0.495 e. The topological polar surface area (TPSA) is 40.6 Å². The molecule has 1 aliphatic carbocycles. The van der Waals surface area contributed by atoms with Crippen LogP contribution in [0.15, 0.2) is 72.9 Å². The molecule has 1 fully saturated rings. The van der Waals surface area contributed by atoms with Crippen LogP contribution in [0, 0.1) is 0 Å². The molecule has 2 heterocycles. The molecule has 3 atom stereocenters. The first-order valence-electron chi connectivity index (χ1n) is 10.7. The van der Waals surface area contributed by atoms with E-state index in [-0.39, 0.29) is 18.3 Å². The van der Waals surface area contributed by atoms with Crippen LogP contribution < -0.4 is 5.46 Å². The van der Waals surface area contributed by atoms with E-state index in [0.717, 1.165) is 38.4 Å². The molecule has 3 aromatic carbocycles. The Hall–Kier alpha value is -2.99. The fourth-order valence-electron chi connectivity index (χ4n) is 4.82. The number of hydrogen-bond donors (Lipinski definition) is 0. The number of hydrogen-bond acceptors (Lipinski definition) is 4. The van der Waals surface area contributed by atoms with Gasteiger partial charge in [0.05, 0.1) is 23.8 Å². The number of nitrogens with zero attached hydrogens (tertiary/aromatic N) is 1. The van der Waals surface area contributed by atoms with Gasteiger partial charge in [0.15, 0.2) is 0 Å². The van der Waals surface area contributed by atoms with Crippen LogP contribution in [0.2, 0.25) is 0 Å². The standard InChI is InChI=1S/C26H22BNO3/c1-16(29-2)19-8-5-6-10-22(19)27-30-23-14-12-18-15-28-25-20-9-4-3-7-17(20)11-13-21(25)24(18)26(23)31-27/h3-16,23,26H,1-2H3/t16-,23+,26+/m1/s1. The highest BCUT2D eigenvalue weighted by atomic mass is 16.7. The van der Waals surface area contributed by atoms with Crippen LogP contribution in [0.4, 0.5) is 0 Å². The maximum atomic E-state index is 6.58. The van der Waals surface area contributed by atoms with Crippen molar-refractivity contribution in [1.29, 1.82) is 0 Å². The lowest BCUT2D eigenvalue weighted by Crippen LogP contribution is -2.36. The summed E-state index contributed by atoms with van der Waals surface area (Å²) in [5.74, 6) is 0. The molecule has 0 radical (unpaired) electrons. The predicted molar refractivity (Wildman–Crippen MR) is 124 cm³/mol. The molecule has 1 aliphatic heterocycles. The van der Waals surface area contributed by atoms with Gasteiger partial charge in [0.1, 0.15) is 0 Å². The van der Waals surface area contributed by atoms with E-state index < -0.39 is 7.12 Å².